The number of carbonyl (C=O) groups is 1. The van der Waals surface area contributed by atoms with Crippen molar-refractivity contribution in [1.29, 1.82) is 0 Å². The van der Waals surface area contributed by atoms with Gasteiger partial charge in [-0.3, -0.25) is 10.1 Å². The lowest BCUT2D eigenvalue weighted by molar-refractivity contribution is -0.111. The predicted molar refractivity (Wildman–Crippen MR) is 103 cm³/mol. The van der Waals surface area contributed by atoms with Gasteiger partial charge in [0.2, 0.25) is 5.91 Å². The van der Waals surface area contributed by atoms with Crippen LogP contribution in [0.15, 0.2) is 58.5 Å². The molecule has 2 aromatic heterocycles. The number of thiazole rings is 1. The average Bonchev–Trinajstić information content (AvgIpc) is 3.31. The highest BCUT2D eigenvalue weighted by Crippen LogP contribution is 2.27. The van der Waals surface area contributed by atoms with Crippen molar-refractivity contribution < 1.29 is 9.21 Å². The fourth-order valence-corrected chi connectivity index (χ4v) is 3.10. The summed E-state index contributed by atoms with van der Waals surface area (Å²) in [5.74, 6) is 0.959. The third-order valence-electron chi connectivity index (χ3n) is 4.06. The zero-order valence-electron chi connectivity index (χ0n) is 14.2. The molecule has 0 fully saturated rings. The monoisotopic (exact) mass is 352 g/mol. The van der Waals surface area contributed by atoms with Crippen LogP contribution in [-0.2, 0) is 4.79 Å². The van der Waals surface area contributed by atoms with Crippen LogP contribution in [0.3, 0.4) is 0 Å². The van der Waals surface area contributed by atoms with Gasteiger partial charge >= 0.3 is 0 Å². The standard InChI is InChI=1S/C20H20N2O2S/c1-3-14(2)15-6-8-16(9-7-15)18-13-25-20(21-18)22-19(23)11-10-17-5-4-12-24-17/h4-14H,3H2,1-2H3,(H,21,22,23)/b11-10+. The maximum absolute atomic E-state index is 11.9. The molecule has 1 atom stereocenters. The topological polar surface area (TPSA) is 55.1 Å². The molecule has 0 aliphatic heterocycles. The second-order valence-electron chi connectivity index (χ2n) is 5.81. The first kappa shape index (κ1) is 17.2. The molecule has 25 heavy (non-hydrogen) atoms. The average molecular weight is 352 g/mol. The number of carbonyl (C=O) groups excluding carboxylic acids is 1. The van der Waals surface area contributed by atoms with E-state index in [4.69, 9.17) is 4.42 Å². The van der Waals surface area contributed by atoms with Crippen LogP contribution in [-0.4, -0.2) is 10.9 Å². The van der Waals surface area contributed by atoms with Gasteiger partial charge in [-0.15, -0.1) is 11.3 Å². The molecule has 0 aliphatic rings. The molecule has 3 rings (SSSR count). The Balaban J connectivity index is 1.65. The maximum atomic E-state index is 11.9. The predicted octanol–water partition coefficient (Wildman–Crippen LogP) is 5.57. The molecule has 0 saturated heterocycles. The van der Waals surface area contributed by atoms with Gasteiger partial charge in [-0.2, -0.15) is 0 Å². The lowest BCUT2D eigenvalue weighted by Gasteiger charge is -2.08. The number of hydrogen-bond donors (Lipinski definition) is 1. The van der Waals surface area contributed by atoms with Crippen molar-refractivity contribution in [3.8, 4) is 11.3 Å². The Bertz CT molecular complexity index is 848. The fraction of sp³-hybridized carbons (Fsp3) is 0.200. The summed E-state index contributed by atoms with van der Waals surface area (Å²) < 4.78 is 5.15. The normalized spacial score (nSPS) is 12.4. The van der Waals surface area contributed by atoms with Crippen molar-refractivity contribution >= 4 is 28.5 Å². The van der Waals surface area contributed by atoms with Crippen molar-refractivity contribution in [3.05, 3.63) is 65.4 Å². The fourth-order valence-electron chi connectivity index (χ4n) is 2.37. The molecule has 0 radical (unpaired) electrons. The lowest BCUT2D eigenvalue weighted by atomic mass is 9.97. The van der Waals surface area contributed by atoms with Crippen LogP contribution in [0.1, 0.15) is 37.5 Å². The van der Waals surface area contributed by atoms with E-state index in [1.54, 1.807) is 24.5 Å². The Morgan fingerprint density at radius 3 is 2.80 bits per heavy atom. The van der Waals surface area contributed by atoms with Crippen LogP contribution in [0.2, 0.25) is 0 Å². The van der Waals surface area contributed by atoms with E-state index in [9.17, 15) is 4.79 Å². The zero-order chi connectivity index (χ0) is 17.6. The molecule has 1 N–H and O–H groups in total. The van der Waals surface area contributed by atoms with Crippen molar-refractivity contribution in [1.82, 2.24) is 4.98 Å². The highest BCUT2D eigenvalue weighted by atomic mass is 32.1. The summed E-state index contributed by atoms with van der Waals surface area (Å²) in [5.41, 5.74) is 3.25. The van der Waals surface area contributed by atoms with Gasteiger partial charge in [0.25, 0.3) is 0 Å². The molecule has 0 bridgehead atoms. The number of furan rings is 1. The van der Waals surface area contributed by atoms with Gasteiger partial charge in [-0.1, -0.05) is 38.1 Å². The number of benzene rings is 1. The van der Waals surface area contributed by atoms with Gasteiger partial charge in [0.05, 0.1) is 12.0 Å². The van der Waals surface area contributed by atoms with Crippen LogP contribution in [0, 0.1) is 0 Å². The number of hydrogen-bond acceptors (Lipinski definition) is 4. The van der Waals surface area contributed by atoms with Crippen LogP contribution in [0.25, 0.3) is 17.3 Å². The Labute approximate surface area is 151 Å². The maximum Gasteiger partial charge on any atom is 0.250 e. The van der Waals surface area contributed by atoms with Crippen LogP contribution in [0.4, 0.5) is 5.13 Å². The third-order valence-corrected chi connectivity index (χ3v) is 4.82. The van der Waals surface area contributed by atoms with Gasteiger partial charge in [0.1, 0.15) is 5.76 Å². The minimum Gasteiger partial charge on any atom is -0.465 e. The first-order valence-corrected chi connectivity index (χ1v) is 9.12. The van der Waals surface area contributed by atoms with E-state index >= 15 is 0 Å². The Hall–Kier alpha value is -2.66. The molecule has 128 valence electrons. The van der Waals surface area contributed by atoms with Gasteiger partial charge in [0.15, 0.2) is 5.13 Å². The number of nitrogens with zero attached hydrogens (tertiary/aromatic N) is 1. The number of rotatable bonds is 6. The molecular weight excluding hydrogens is 332 g/mol. The summed E-state index contributed by atoms with van der Waals surface area (Å²) in [5, 5.41) is 5.30. The molecule has 3 aromatic rings. The van der Waals surface area contributed by atoms with Crippen molar-refractivity contribution in [2.24, 2.45) is 0 Å². The number of nitrogens with one attached hydrogen (secondary N) is 1. The Morgan fingerprint density at radius 1 is 1.32 bits per heavy atom. The molecule has 2 heterocycles. The first-order valence-electron chi connectivity index (χ1n) is 8.24. The SMILES string of the molecule is CCC(C)c1ccc(-c2csc(NC(=O)/C=C/c3ccco3)n2)cc1. The van der Waals surface area contributed by atoms with E-state index in [-0.39, 0.29) is 5.91 Å². The van der Waals surface area contributed by atoms with Gasteiger partial charge in [-0.05, 0) is 36.1 Å². The highest BCUT2D eigenvalue weighted by molar-refractivity contribution is 7.14. The lowest BCUT2D eigenvalue weighted by Crippen LogP contribution is -2.07. The van der Waals surface area contributed by atoms with E-state index in [1.807, 2.05) is 5.38 Å². The van der Waals surface area contributed by atoms with Crippen LogP contribution < -0.4 is 5.32 Å². The quantitative estimate of drug-likeness (QED) is 0.590. The molecule has 0 aliphatic carbocycles. The third kappa shape index (κ3) is 4.45. The summed E-state index contributed by atoms with van der Waals surface area (Å²) in [6.07, 6.45) is 5.74. The molecule has 1 amide bonds. The summed E-state index contributed by atoms with van der Waals surface area (Å²) in [4.78, 5) is 16.4. The molecule has 1 unspecified atom stereocenters. The summed E-state index contributed by atoms with van der Waals surface area (Å²) in [6.45, 7) is 4.41. The van der Waals surface area contributed by atoms with Crippen molar-refractivity contribution in [2.75, 3.05) is 5.32 Å². The minimum atomic E-state index is -0.232. The van der Waals surface area contributed by atoms with E-state index in [0.29, 0.717) is 16.8 Å². The van der Waals surface area contributed by atoms with E-state index < -0.39 is 0 Å². The van der Waals surface area contributed by atoms with Crippen molar-refractivity contribution in [2.45, 2.75) is 26.2 Å². The van der Waals surface area contributed by atoms with Gasteiger partial charge in [0, 0.05) is 17.0 Å². The van der Waals surface area contributed by atoms with E-state index in [0.717, 1.165) is 17.7 Å². The molecular formula is C20H20N2O2S. The number of aromatic nitrogens is 1. The van der Waals surface area contributed by atoms with E-state index in [1.165, 1.54) is 23.0 Å². The Morgan fingerprint density at radius 2 is 2.12 bits per heavy atom. The summed E-state index contributed by atoms with van der Waals surface area (Å²) >= 11 is 1.41. The molecule has 1 aromatic carbocycles. The number of anilines is 1. The van der Waals surface area contributed by atoms with Crippen molar-refractivity contribution in [3.63, 3.8) is 0 Å². The highest BCUT2D eigenvalue weighted by Gasteiger charge is 2.08. The summed E-state index contributed by atoms with van der Waals surface area (Å²) in [7, 11) is 0. The second-order valence-corrected chi connectivity index (χ2v) is 6.67. The van der Waals surface area contributed by atoms with Gasteiger partial charge < -0.3 is 4.42 Å². The zero-order valence-corrected chi connectivity index (χ0v) is 15.0. The van der Waals surface area contributed by atoms with Crippen LogP contribution in [0.5, 0.6) is 0 Å². The van der Waals surface area contributed by atoms with E-state index in [2.05, 4.69) is 48.4 Å². The second kappa shape index (κ2) is 7.94. The van der Waals surface area contributed by atoms with Crippen LogP contribution >= 0.6 is 11.3 Å². The molecule has 0 saturated carbocycles. The van der Waals surface area contributed by atoms with Gasteiger partial charge in [-0.25, -0.2) is 4.98 Å². The Kier molecular flexibility index (Phi) is 5.46. The number of amides is 1. The smallest absolute Gasteiger partial charge is 0.250 e. The largest absolute Gasteiger partial charge is 0.465 e. The molecule has 0 spiro atoms. The minimum absolute atomic E-state index is 0.232. The first-order chi connectivity index (χ1) is 12.2. The molecule has 5 heteroatoms. The molecule has 4 nitrogen and oxygen atoms in total. The summed E-state index contributed by atoms with van der Waals surface area (Å²) in [6, 6.07) is 12.0.